The standard InChI is InChI=1S/C7H7.3ClH.Zn/c1-7-5-3-2-4-6-7;;;;/h2-6H,1H2;3*1H;/q;;;;+3/p-3. The zero-order chi connectivity index (χ0) is 8.32. The van der Waals surface area contributed by atoms with Gasteiger partial charge < -0.3 is 0 Å². The summed E-state index contributed by atoms with van der Waals surface area (Å²) in [6.07, 6.45) is 0. The molecule has 0 saturated carbocycles. The Morgan fingerprint density at radius 3 is 2.00 bits per heavy atom. The summed E-state index contributed by atoms with van der Waals surface area (Å²) < 4.78 is 0. The zero-order valence-corrected chi connectivity index (χ0v) is 11.2. The number of halogens is 3. The van der Waals surface area contributed by atoms with Gasteiger partial charge in [-0.25, -0.2) is 0 Å². The van der Waals surface area contributed by atoms with Gasteiger partial charge in [-0.15, -0.1) is 0 Å². The predicted molar refractivity (Wildman–Crippen MR) is 47.7 cm³/mol. The number of hydrogen-bond donors (Lipinski definition) is 0. The summed E-state index contributed by atoms with van der Waals surface area (Å²) in [5.74, 6) is 0. The molecule has 0 saturated heterocycles. The summed E-state index contributed by atoms with van der Waals surface area (Å²) in [6, 6.07) is 9.85. The zero-order valence-electron chi connectivity index (χ0n) is 5.93. The van der Waals surface area contributed by atoms with Crippen molar-refractivity contribution in [2.75, 3.05) is 0 Å². The molecule has 0 unspecified atom stereocenters. The van der Waals surface area contributed by atoms with Gasteiger partial charge in [0.05, 0.1) is 0 Å². The summed E-state index contributed by atoms with van der Waals surface area (Å²) in [6.45, 7) is 0. The first kappa shape index (κ1) is 9.80. The fraction of sp³-hybridized carbons (Fsp3) is 0.143. The van der Waals surface area contributed by atoms with Gasteiger partial charge in [0.15, 0.2) is 0 Å². The molecule has 1 aromatic rings. The number of rotatable bonds is 2. The van der Waals surface area contributed by atoms with Crippen molar-refractivity contribution in [1.82, 2.24) is 0 Å². The van der Waals surface area contributed by atoms with Crippen molar-refractivity contribution in [2.45, 2.75) is 5.02 Å². The van der Waals surface area contributed by atoms with Crippen molar-refractivity contribution in [3.8, 4) is 0 Å². The Morgan fingerprint density at radius 1 is 1.00 bits per heavy atom. The summed E-state index contributed by atoms with van der Waals surface area (Å²) in [5, 5.41) is 0.676. The van der Waals surface area contributed by atoms with Crippen molar-refractivity contribution in [3.63, 3.8) is 0 Å². The van der Waals surface area contributed by atoms with E-state index >= 15 is 0 Å². The third kappa shape index (κ3) is 4.33. The molecule has 0 amide bonds. The molecule has 0 aliphatic carbocycles. The van der Waals surface area contributed by atoms with Gasteiger partial charge in [-0.3, -0.25) is 0 Å². The Morgan fingerprint density at radius 2 is 1.55 bits per heavy atom. The molecular formula is C7H7Cl3Zn. The molecule has 58 valence electrons. The molecule has 0 spiro atoms. The van der Waals surface area contributed by atoms with E-state index in [1.165, 1.54) is 0 Å². The molecule has 0 atom stereocenters. The average Bonchev–Trinajstić information content (AvgIpc) is 1.85. The first-order valence-electron chi connectivity index (χ1n) is 3.57. The van der Waals surface area contributed by atoms with Crippen molar-refractivity contribution >= 4 is 29.1 Å². The van der Waals surface area contributed by atoms with Gasteiger partial charge >= 0.3 is 81.8 Å². The van der Waals surface area contributed by atoms with Crippen LogP contribution in [0.1, 0.15) is 5.56 Å². The van der Waals surface area contributed by atoms with E-state index in [1.807, 2.05) is 30.3 Å². The summed E-state index contributed by atoms with van der Waals surface area (Å²) in [5.41, 5.74) is 1.13. The van der Waals surface area contributed by atoms with Crippen LogP contribution in [0, 0.1) is 0 Å². The van der Waals surface area contributed by atoms with Crippen LogP contribution in [0.3, 0.4) is 0 Å². The van der Waals surface area contributed by atoms with Crippen LogP contribution in [0.4, 0.5) is 0 Å². The minimum absolute atomic E-state index is 0.676. The van der Waals surface area contributed by atoms with Crippen LogP contribution in [0.25, 0.3) is 0 Å². The van der Waals surface area contributed by atoms with E-state index < -0.39 is 11.8 Å². The predicted octanol–water partition coefficient (Wildman–Crippen LogP) is 3.80. The second kappa shape index (κ2) is 4.09. The van der Waals surface area contributed by atoms with Crippen molar-refractivity contribution in [2.24, 2.45) is 0 Å². The van der Waals surface area contributed by atoms with Gasteiger partial charge in [0.25, 0.3) is 0 Å². The van der Waals surface area contributed by atoms with Crippen LogP contribution in [-0.2, 0) is 16.8 Å². The van der Waals surface area contributed by atoms with Gasteiger partial charge in [-0.05, 0) is 0 Å². The molecule has 4 heteroatoms. The molecule has 0 aromatic heterocycles. The normalized spacial score (nSPS) is 10.1. The topological polar surface area (TPSA) is 0 Å². The summed E-state index contributed by atoms with van der Waals surface area (Å²) >= 11 is -3.23. The van der Waals surface area contributed by atoms with Gasteiger partial charge in [-0.1, -0.05) is 0 Å². The van der Waals surface area contributed by atoms with Crippen LogP contribution in [0.2, 0.25) is 0 Å². The fourth-order valence-electron chi connectivity index (χ4n) is 0.972. The second-order valence-electron chi connectivity index (χ2n) is 2.61. The summed E-state index contributed by atoms with van der Waals surface area (Å²) in [7, 11) is 17.5. The Balaban J connectivity index is 2.66. The maximum absolute atomic E-state index is 5.82. The first-order chi connectivity index (χ1) is 5.08. The Hall–Kier alpha value is 0.713. The van der Waals surface area contributed by atoms with Crippen LogP contribution < -0.4 is 0 Å². The van der Waals surface area contributed by atoms with E-state index in [0.717, 1.165) is 5.56 Å². The molecule has 0 heterocycles. The first-order valence-corrected chi connectivity index (χ1v) is 17.4. The Kier molecular flexibility index (Phi) is 3.65. The third-order valence-corrected chi connectivity index (χ3v) is 6.76. The van der Waals surface area contributed by atoms with Crippen LogP contribution in [0.5, 0.6) is 0 Å². The molecule has 1 rings (SSSR count). The van der Waals surface area contributed by atoms with Gasteiger partial charge in [0.1, 0.15) is 0 Å². The van der Waals surface area contributed by atoms with Crippen molar-refractivity contribution in [3.05, 3.63) is 35.9 Å². The molecular weight excluding hydrogens is 256 g/mol. The molecule has 0 aliphatic rings. The van der Waals surface area contributed by atoms with Gasteiger partial charge in [0, 0.05) is 0 Å². The van der Waals surface area contributed by atoms with Crippen LogP contribution >= 0.6 is 29.1 Å². The summed E-state index contributed by atoms with van der Waals surface area (Å²) in [4.78, 5) is 0. The number of hydrogen-bond acceptors (Lipinski definition) is 0. The molecule has 0 N–H and O–H groups in total. The van der Waals surface area contributed by atoms with Crippen LogP contribution in [-0.4, -0.2) is 0 Å². The second-order valence-corrected chi connectivity index (χ2v) is 25.8. The van der Waals surface area contributed by atoms with Gasteiger partial charge in [-0.2, -0.15) is 0 Å². The molecule has 0 bridgehead atoms. The monoisotopic (exact) mass is 260 g/mol. The molecule has 0 aliphatic heterocycles. The molecule has 0 nitrogen and oxygen atoms in total. The van der Waals surface area contributed by atoms with Crippen molar-refractivity contribution < 1.29 is 11.8 Å². The van der Waals surface area contributed by atoms with Crippen LogP contribution in [0.15, 0.2) is 30.3 Å². The van der Waals surface area contributed by atoms with E-state index in [2.05, 4.69) is 0 Å². The fourth-order valence-corrected chi connectivity index (χ4v) is 6.45. The van der Waals surface area contributed by atoms with E-state index in [9.17, 15) is 0 Å². The third-order valence-electron chi connectivity index (χ3n) is 1.41. The molecule has 0 fully saturated rings. The number of benzene rings is 1. The maximum atomic E-state index is 5.82. The Bertz CT molecular complexity index is 217. The van der Waals surface area contributed by atoms with E-state index in [4.69, 9.17) is 29.1 Å². The Labute approximate surface area is 81.4 Å². The van der Waals surface area contributed by atoms with E-state index in [0.29, 0.717) is 5.02 Å². The van der Waals surface area contributed by atoms with E-state index in [1.54, 1.807) is 0 Å². The average molecular weight is 263 g/mol. The molecule has 1 aromatic carbocycles. The van der Waals surface area contributed by atoms with Gasteiger partial charge in [0.2, 0.25) is 0 Å². The minimum atomic E-state index is -3.23. The van der Waals surface area contributed by atoms with Crippen molar-refractivity contribution in [1.29, 1.82) is 0 Å². The van der Waals surface area contributed by atoms with E-state index in [-0.39, 0.29) is 0 Å². The SMILES string of the molecule is [Cl][Zn]([Cl])([Cl])[CH2]c1ccccc1. The quantitative estimate of drug-likeness (QED) is 0.712. The molecule has 11 heavy (non-hydrogen) atoms. The molecule has 0 radical (unpaired) electrons.